The number of carbonyl (C=O) groups excluding carboxylic acids is 1. The van der Waals surface area contributed by atoms with Crippen LogP contribution >= 0.6 is 11.3 Å². The Kier molecular flexibility index (Phi) is 4.99. The monoisotopic (exact) mass is 371 g/mol. The number of ether oxygens (including phenoxy) is 2. The number of anilines is 1. The van der Waals surface area contributed by atoms with Gasteiger partial charge in [-0.25, -0.2) is 15.4 Å². The summed E-state index contributed by atoms with van der Waals surface area (Å²) in [6, 6.07) is 5.30. The molecule has 2 heterocycles. The summed E-state index contributed by atoms with van der Waals surface area (Å²) in [4.78, 5) is 21.7. The van der Waals surface area contributed by atoms with Gasteiger partial charge in [0.1, 0.15) is 28.5 Å². The van der Waals surface area contributed by atoms with Crippen LogP contribution in [-0.4, -0.2) is 36.3 Å². The van der Waals surface area contributed by atoms with Crippen molar-refractivity contribution in [2.24, 2.45) is 5.10 Å². The fourth-order valence-electron chi connectivity index (χ4n) is 2.45. The van der Waals surface area contributed by atoms with Gasteiger partial charge in [0.05, 0.1) is 30.7 Å². The van der Waals surface area contributed by atoms with Crippen LogP contribution in [0, 0.1) is 6.92 Å². The van der Waals surface area contributed by atoms with E-state index in [1.165, 1.54) is 23.9 Å². The van der Waals surface area contributed by atoms with Crippen molar-refractivity contribution in [3.63, 3.8) is 0 Å². The predicted octanol–water partition coefficient (Wildman–Crippen LogP) is 2.36. The number of nitrogens with two attached hydrogens (primary N) is 1. The van der Waals surface area contributed by atoms with Crippen LogP contribution in [0.15, 0.2) is 29.6 Å². The van der Waals surface area contributed by atoms with Crippen LogP contribution in [0.3, 0.4) is 0 Å². The highest BCUT2D eigenvalue weighted by Gasteiger charge is 2.18. The fourth-order valence-corrected chi connectivity index (χ4v) is 3.50. The Hall–Kier alpha value is -3.20. The van der Waals surface area contributed by atoms with Crippen molar-refractivity contribution in [1.82, 2.24) is 15.4 Å². The van der Waals surface area contributed by atoms with Crippen molar-refractivity contribution in [2.75, 3.05) is 20.0 Å². The van der Waals surface area contributed by atoms with Gasteiger partial charge in [-0.05, 0) is 24.6 Å². The zero-order valence-corrected chi connectivity index (χ0v) is 15.3. The Morgan fingerprint density at radius 3 is 2.81 bits per heavy atom. The third kappa shape index (κ3) is 3.29. The number of hydrogen-bond donors (Lipinski definition) is 2. The number of nitrogen functional groups attached to an aromatic ring is 1. The quantitative estimate of drug-likeness (QED) is 0.526. The molecule has 0 bridgehead atoms. The number of nitrogens with zero attached hydrogens (tertiary/aromatic N) is 3. The van der Waals surface area contributed by atoms with Crippen LogP contribution in [0.5, 0.6) is 11.5 Å². The Bertz CT molecular complexity index is 999. The number of thiophene rings is 1. The Morgan fingerprint density at radius 1 is 1.31 bits per heavy atom. The van der Waals surface area contributed by atoms with Crippen LogP contribution in [0.1, 0.15) is 20.8 Å². The van der Waals surface area contributed by atoms with Crippen molar-refractivity contribution < 1.29 is 14.3 Å². The van der Waals surface area contributed by atoms with E-state index in [2.05, 4.69) is 20.5 Å². The second kappa shape index (κ2) is 7.36. The summed E-state index contributed by atoms with van der Waals surface area (Å²) >= 11 is 1.25. The van der Waals surface area contributed by atoms with Crippen molar-refractivity contribution >= 4 is 39.5 Å². The first-order valence-electron chi connectivity index (χ1n) is 7.60. The molecule has 3 rings (SSSR count). The van der Waals surface area contributed by atoms with Gasteiger partial charge in [0.2, 0.25) is 0 Å². The topological polar surface area (TPSA) is 112 Å². The average molecular weight is 371 g/mol. The molecule has 0 aliphatic rings. The molecule has 0 saturated carbocycles. The number of nitrogens with one attached hydrogen (secondary N) is 1. The molecule has 1 amide bonds. The summed E-state index contributed by atoms with van der Waals surface area (Å²) in [6.07, 6.45) is 2.89. The van der Waals surface area contributed by atoms with Crippen LogP contribution in [0.2, 0.25) is 0 Å². The number of carbonyl (C=O) groups is 1. The van der Waals surface area contributed by atoms with Crippen molar-refractivity contribution in [3.05, 3.63) is 40.5 Å². The second-order valence-corrected chi connectivity index (χ2v) is 6.30. The van der Waals surface area contributed by atoms with Gasteiger partial charge in [-0.3, -0.25) is 4.79 Å². The van der Waals surface area contributed by atoms with Gasteiger partial charge in [0.25, 0.3) is 5.91 Å². The molecular formula is C17H17N5O3S. The first-order chi connectivity index (χ1) is 12.5. The molecule has 134 valence electrons. The smallest absolute Gasteiger partial charge is 0.281 e. The molecule has 8 nitrogen and oxygen atoms in total. The molecule has 0 aliphatic carbocycles. The largest absolute Gasteiger partial charge is 0.497 e. The van der Waals surface area contributed by atoms with Crippen LogP contribution in [0.25, 0.3) is 10.2 Å². The third-order valence-corrected chi connectivity index (χ3v) is 4.97. The van der Waals surface area contributed by atoms with Gasteiger partial charge in [-0.2, -0.15) is 5.10 Å². The van der Waals surface area contributed by atoms with E-state index in [-0.39, 0.29) is 5.91 Å². The lowest BCUT2D eigenvalue weighted by molar-refractivity contribution is 0.0958. The number of aryl methyl sites for hydroxylation is 1. The summed E-state index contributed by atoms with van der Waals surface area (Å²) in [7, 11) is 3.13. The lowest BCUT2D eigenvalue weighted by Crippen LogP contribution is -2.17. The van der Waals surface area contributed by atoms with Crippen molar-refractivity contribution in [3.8, 4) is 11.5 Å². The molecule has 0 unspecified atom stereocenters. The summed E-state index contributed by atoms with van der Waals surface area (Å²) in [5, 5.41) is 4.71. The molecule has 9 heteroatoms. The van der Waals surface area contributed by atoms with E-state index in [0.717, 1.165) is 5.56 Å². The van der Waals surface area contributed by atoms with Gasteiger partial charge < -0.3 is 15.2 Å². The van der Waals surface area contributed by atoms with Gasteiger partial charge in [0, 0.05) is 11.6 Å². The molecule has 3 N–H and O–H groups in total. The minimum Gasteiger partial charge on any atom is -0.497 e. The second-order valence-electron chi connectivity index (χ2n) is 5.30. The van der Waals surface area contributed by atoms with E-state index < -0.39 is 0 Å². The van der Waals surface area contributed by atoms with Crippen LogP contribution < -0.4 is 20.6 Å². The Labute approximate surface area is 153 Å². The molecule has 2 aromatic heterocycles. The summed E-state index contributed by atoms with van der Waals surface area (Å²) in [5.41, 5.74) is 9.83. The highest BCUT2D eigenvalue weighted by atomic mass is 32.1. The van der Waals surface area contributed by atoms with Gasteiger partial charge in [-0.15, -0.1) is 11.3 Å². The SMILES string of the molecule is COc1ccc(C=NNC(=O)c2sc3ncnc(N)c3c2C)c(OC)c1. The molecule has 1 aromatic carbocycles. The lowest BCUT2D eigenvalue weighted by atomic mass is 10.2. The van der Waals surface area contributed by atoms with Crippen LogP contribution in [-0.2, 0) is 0 Å². The van der Waals surface area contributed by atoms with Crippen molar-refractivity contribution in [1.29, 1.82) is 0 Å². The Balaban J connectivity index is 1.80. The maximum absolute atomic E-state index is 12.4. The fraction of sp³-hybridized carbons (Fsp3) is 0.176. The molecular weight excluding hydrogens is 354 g/mol. The van der Waals surface area contributed by atoms with E-state index in [9.17, 15) is 4.79 Å². The highest BCUT2D eigenvalue weighted by Crippen LogP contribution is 2.31. The number of benzene rings is 1. The van der Waals surface area contributed by atoms with Gasteiger partial charge in [0.15, 0.2) is 0 Å². The van der Waals surface area contributed by atoms with Gasteiger partial charge >= 0.3 is 0 Å². The molecule has 0 radical (unpaired) electrons. The molecule has 26 heavy (non-hydrogen) atoms. The minimum atomic E-state index is -0.339. The standard InChI is InChI=1S/C17H17N5O3S/c1-9-13-15(18)19-8-20-17(13)26-14(9)16(23)22-21-7-10-4-5-11(24-2)6-12(10)25-3/h4-8H,1-3H3,(H,22,23)(H2,18,19,20). The summed E-state index contributed by atoms with van der Waals surface area (Å²) in [6.45, 7) is 1.81. The van der Waals surface area contributed by atoms with E-state index in [1.807, 2.05) is 6.92 Å². The number of aromatic nitrogens is 2. The molecule has 0 aliphatic heterocycles. The van der Waals surface area contributed by atoms with Gasteiger partial charge in [-0.1, -0.05) is 0 Å². The average Bonchev–Trinajstić information content (AvgIpc) is 2.99. The number of hydrogen-bond acceptors (Lipinski definition) is 8. The molecule has 0 spiro atoms. The number of fused-ring (bicyclic) bond motifs is 1. The Morgan fingerprint density at radius 2 is 2.12 bits per heavy atom. The normalized spacial score (nSPS) is 11.0. The summed E-state index contributed by atoms with van der Waals surface area (Å²) in [5.74, 6) is 1.27. The van der Waals surface area contributed by atoms with E-state index in [0.29, 0.717) is 38.0 Å². The highest BCUT2D eigenvalue weighted by molar-refractivity contribution is 7.20. The third-order valence-electron chi connectivity index (χ3n) is 3.77. The lowest BCUT2D eigenvalue weighted by Gasteiger charge is -2.06. The molecule has 3 aromatic rings. The number of amides is 1. The van der Waals surface area contributed by atoms with Crippen LogP contribution in [0.4, 0.5) is 5.82 Å². The zero-order valence-electron chi connectivity index (χ0n) is 14.4. The van der Waals surface area contributed by atoms with E-state index in [1.54, 1.807) is 32.4 Å². The molecule has 0 fully saturated rings. The first-order valence-corrected chi connectivity index (χ1v) is 8.41. The van der Waals surface area contributed by atoms with E-state index in [4.69, 9.17) is 15.2 Å². The molecule has 0 atom stereocenters. The van der Waals surface area contributed by atoms with E-state index >= 15 is 0 Å². The maximum atomic E-state index is 12.4. The zero-order chi connectivity index (χ0) is 18.7. The minimum absolute atomic E-state index is 0.339. The first kappa shape index (κ1) is 17.6. The van der Waals surface area contributed by atoms with Crippen molar-refractivity contribution in [2.45, 2.75) is 6.92 Å². The number of hydrazone groups is 1. The molecule has 0 saturated heterocycles. The summed E-state index contributed by atoms with van der Waals surface area (Å²) < 4.78 is 10.4. The predicted molar refractivity (Wildman–Crippen MR) is 101 cm³/mol. The maximum Gasteiger partial charge on any atom is 0.281 e. The number of rotatable bonds is 5. The number of methoxy groups -OCH3 is 2.